The van der Waals surface area contributed by atoms with Gasteiger partial charge in [-0.2, -0.15) is 0 Å². The molecule has 3 aromatic rings. The van der Waals surface area contributed by atoms with E-state index in [4.69, 9.17) is 0 Å². The molecule has 3 heterocycles. The molecule has 0 fully saturated rings. The van der Waals surface area contributed by atoms with Crippen LogP contribution in [0.1, 0.15) is 11.4 Å². The summed E-state index contributed by atoms with van der Waals surface area (Å²) in [5.74, 6) is 0.629. The van der Waals surface area contributed by atoms with Crippen molar-refractivity contribution in [3.05, 3.63) is 58.4 Å². The van der Waals surface area contributed by atoms with Crippen molar-refractivity contribution in [2.75, 3.05) is 0 Å². The summed E-state index contributed by atoms with van der Waals surface area (Å²) in [6, 6.07) is 7.25. The summed E-state index contributed by atoms with van der Waals surface area (Å²) in [6.07, 6.45) is 3.66. The molecular weight excluding hydrogens is 272 g/mol. The third-order valence-corrected chi connectivity index (χ3v) is 4.15. The number of hydrogen-bond acceptors (Lipinski definition) is 4. The van der Waals surface area contributed by atoms with Crippen molar-refractivity contribution in [2.24, 2.45) is 7.05 Å². The van der Waals surface area contributed by atoms with E-state index >= 15 is 0 Å². The molecule has 0 saturated carbocycles. The largest absolute Gasteiger partial charge is 0.329 e. The van der Waals surface area contributed by atoms with E-state index in [1.54, 1.807) is 28.4 Å². The molecule has 0 aliphatic heterocycles. The first-order valence-corrected chi connectivity index (χ1v) is 7.22. The lowest BCUT2D eigenvalue weighted by Gasteiger charge is -2.06. The van der Waals surface area contributed by atoms with E-state index in [-0.39, 0.29) is 5.56 Å². The summed E-state index contributed by atoms with van der Waals surface area (Å²) in [7, 11) is 1.95. The number of rotatable bonds is 3. The SMILES string of the molecule is Cc1cccc2nc(CSc3nccn3C)cc(=O)n12. The van der Waals surface area contributed by atoms with Crippen LogP contribution in [0.2, 0.25) is 0 Å². The topological polar surface area (TPSA) is 52.2 Å². The Morgan fingerprint density at radius 1 is 1.35 bits per heavy atom. The van der Waals surface area contributed by atoms with Gasteiger partial charge in [-0.3, -0.25) is 9.20 Å². The van der Waals surface area contributed by atoms with Gasteiger partial charge >= 0.3 is 0 Å². The predicted molar refractivity (Wildman–Crippen MR) is 79.0 cm³/mol. The van der Waals surface area contributed by atoms with Crippen LogP contribution in [-0.4, -0.2) is 18.9 Å². The van der Waals surface area contributed by atoms with E-state index in [2.05, 4.69) is 9.97 Å². The molecule has 0 N–H and O–H groups in total. The molecule has 102 valence electrons. The quantitative estimate of drug-likeness (QED) is 0.691. The van der Waals surface area contributed by atoms with Crippen molar-refractivity contribution < 1.29 is 0 Å². The maximum Gasteiger partial charge on any atom is 0.258 e. The maximum absolute atomic E-state index is 12.1. The molecule has 20 heavy (non-hydrogen) atoms. The second-order valence-electron chi connectivity index (χ2n) is 4.56. The van der Waals surface area contributed by atoms with Crippen LogP contribution in [-0.2, 0) is 12.8 Å². The Balaban J connectivity index is 1.93. The number of nitrogens with zero attached hydrogens (tertiary/aromatic N) is 4. The van der Waals surface area contributed by atoms with Crippen molar-refractivity contribution in [3.8, 4) is 0 Å². The van der Waals surface area contributed by atoms with Gasteiger partial charge in [-0.1, -0.05) is 17.8 Å². The summed E-state index contributed by atoms with van der Waals surface area (Å²) in [6.45, 7) is 1.90. The Labute approximate surface area is 120 Å². The Hall–Kier alpha value is -2.08. The molecule has 0 aromatic carbocycles. The number of aryl methyl sites for hydroxylation is 2. The first-order valence-electron chi connectivity index (χ1n) is 6.23. The molecule has 0 spiro atoms. The molecule has 5 nitrogen and oxygen atoms in total. The average molecular weight is 286 g/mol. The summed E-state index contributed by atoms with van der Waals surface area (Å²) in [5.41, 5.74) is 2.31. The van der Waals surface area contributed by atoms with Crippen LogP contribution in [0.15, 0.2) is 46.6 Å². The predicted octanol–water partition coefficient (Wildman–Crippen LogP) is 2.03. The minimum atomic E-state index is -0.0384. The smallest absolute Gasteiger partial charge is 0.258 e. The van der Waals surface area contributed by atoms with Crippen LogP contribution < -0.4 is 5.56 Å². The van der Waals surface area contributed by atoms with Gasteiger partial charge in [0.2, 0.25) is 0 Å². The molecule has 0 aliphatic carbocycles. The number of pyridine rings is 1. The van der Waals surface area contributed by atoms with Gasteiger partial charge in [-0.25, -0.2) is 9.97 Å². The number of fused-ring (bicyclic) bond motifs is 1. The van der Waals surface area contributed by atoms with Crippen molar-refractivity contribution >= 4 is 17.4 Å². The van der Waals surface area contributed by atoms with Gasteiger partial charge in [0.1, 0.15) is 5.65 Å². The zero-order valence-corrected chi connectivity index (χ0v) is 12.1. The highest BCUT2D eigenvalue weighted by Gasteiger charge is 2.06. The Morgan fingerprint density at radius 3 is 2.95 bits per heavy atom. The standard InChI is InChI=1S/C14H14N4OS/c1-10-4-3-5-12-16-11(8-13(19)18(10)12)9-20-14-15-6-7-17(14)2/h3-8H,9H2,1-2H3. The fourth-order valence-corrected chi connectivity index (χ4v) is 2.89. The van der Waals surface area contributed by atoms with E-state index in [0.717, 1.165) is 16.5 Å². The molecule has 0 bridgehead atoms. The van der Waals surface area contributed by atoms with Gasteiger partial charge in [0.25, 0.3) is 5.56 Å². The van der Waals surface area contributed by atoms with Gasteiger partial charge in [-0.15, -0.1) is 0 Å². The Bertz CT molecular complexity index is 821. The van der Waals surface area contributed by atoms with Crippen molar-refractivity contribution in [1.29, 1.82) is 0 Å². The monoisotopic (exact) mass is 286 g/mol. The van der Waals surface area contributed by atoms with Crippen LogP contribution in [0.3, 0.4) is 0 Å². The second-order valence-corrected chi connectivity index (χ2v) is 5.50. The first-order chi connectivity index (χ1) is 9.65. The maximum atomic E-state index is 12.1. The lowest BCUT2D eigenvalue weighted by atomic mass is 10.3. The van der Waals surface area contributed by atoms with E-state index < -0.39 is 0 Å². The van der Waals surface area contributed by atoms with Gasteiger partial charge < -0.3 is 4.57 Å². The van der Waals surface area contributed by atoms with E-state index in [1.165, 1.54) is 0 Å². The fourth-order valence-electron chi connectivity index (χ4n) is 2.07. The lowest BCUT2D eigenvalue weighted by molar-refractivity contribution is 0.789. The van der Waals surface area contributed by atoms with E-state index in [9.17, 15) is 4.79 Å². The van der Waals surface area contributed by atoms with Crippen LogP contribution in [0.5, 0.6) is 0 Å². The lowest BCUT2D eigenvalue weighted by Crippen LogP contribution is -2.17. The van der Waals surface area contributed by atoms with Gasteiger partial charge in [0, 0.05) is 37.0 Å². The van der Waals surface area contributed by atoms with E-state index in [1.807, 2.05) is 42.9 Å². The van der Waals surface area contributed by atoms with Crippen molar-refractivity contribution in [2.45, 2.75) is 17.8 Å². The third kappa shape index (κ3) is 2.34. The molecule has 3 aromatic heterocycles. The van der Waals surface area contributed by atoms with Crippen LogP contribution in [0.25, 0.3) is 5.65 Å². The van der Waals surface area contributed by atoms with Gasteiger partial charge in [0.05, 0.1) is 5.69 Å². The first kappa shape index (κ1) is 12.9. The summed E-state index contributed by atoms with van der Waals surface area (Å²) >= 11 is 1.57. The molecule has 0 radical (unpaired) electrons. The number of imidazole rings is 1. The Morgan fingerprint density at radius 2 is 2.20 bits per heavy atom. The Kier molecular flexibility index (Phi) is 3.31. The number of aromatic nitrogens is 4. The highest BCUT2D eigenvalue weighted by atomic mass is 32.2. The minimum Gasteiger partial charge on any atom is -0.329 e. The van der Waals surface area contributed by atoms with E-state index in [0.29, 0.717) is 11.4 Å². The summed E-state index contributed by atoms with van der Waals surface area (Å²) in [4.78, 5) is 20.9. The molecular formula is C14H14N4OS. The van der Waals surface area contributed by atoms with Crippen molar-refractivity contribution in [3.63, 3.8) is 0 Å². The second kappa shape index (κ2) is 5.13. The zero-order valence-electron chi connectivity index (χ0n) is 11.3. The van der Waals surface area contributed by atoms with Crippen LogP contribution >= 0.6 is 11.8 Å². The van der Waals surface area contributed by atoms with Gasteiger partial charge in [0.15, 0.2) is 5.16 Å². The molecule has 3 rings (SSSR count). The third-order valence-electron chi connectivity index (χ3n) is 3.06. The molecule has 0 atom stereocenters. The highest BCUT2D eigenvalue weighted by Crippen LogP contribution is 2.19. The molecule has 0 saturated heterocycles. The average Bonchev–Trinajstić information content (AvgIpc) is 2.81. The number of thioether (sulfide) groups is 1. The summed E-state index contributed by atoms with van der Waals surface area (Å²) in [5, 5.41) is 0.913. The number of hydrogen-bond donors (Lipinski definition) is 0. The molecule has 0 amide bonds. The normalized spacial score (nSPS) is 11.1. The fraction of sp³-hybridized carbons (Fsp3) is 0.214. The van der Waals surface area contributed by atoms with Crippen molar-refractivity contribution in [1.82, 2.24) is 18.9 Å². The molecule has 6 heteroatoms. The zero-order chi connectivity index (χ0) is 14.1. The van der Waals surface area contributed by atoms with Crippen LogP contribution in [0, 0.1) is 6.92 Å². The highest BCUT2D eigenvalue weighted by molar-refractivity contribution is 7.98. The molecule has 0 unspecified atom stereocenters. The molecule has 0 aliphatic rings. The minimum absolute atomic E-state index is 0.0384. The van der Waals surface area contributed by atoms with Gasteiger partial charge in [-0.05, 0) is 19.1 Å². The van der Waals surface area contributed by atoms with Crippen LogP contribution in [0.4, 0.5) is 0 Å². The summed E-state index contributed by atoms with van der Waals surface area (Å²) < 4.78 is 3.57.